The van der Waals surface area contributed by atoms with Gasteiger partial charge in [0.2, 0.25) is 27.7 Å². The minimum atomic E-state index is -3.70. The van der Waals surface area contributed by atoms with E-state index in [4.69, 9.17) is 16.3 Å². The molecular weight excluding hydrogens is 848 g/mol. The molecule has 1 atom stereocenters. The molecule has 1 unspecified atom stereocenters. The number of aromatic carboxylic acids is 1. The molecule has 2 aliphatic heterocycles. The van der Waals surface area contributed by atoms with Crippen LogP contribution in [0.4, 0.5) is 11.4 Å². The van der Waals surface area contributed by atoms with Crippen molar-refractivity contribution in [3.05, 3.63) is 98.2 Å². The summed E-state index contributed by atoms with van der Waals surface area (Å²) in [5.74, 6) is -3.01. The molecule has 5 aromatic rings. The van der Waals surface area contributed by atoms with E-state index in [0.29, 0.717) is 58.7 Å². The van der Waals surface area contributed by atoms with E-state index in [1.807, 2.05) is 18.2 Å². The van der Waals surface area contributed by atoms with Crippen LogP contribution in [-0.4, -0.2) is 82.2 Å². The van der Waals surface area contributed by atoms with Crippen molar-refractivity contribution < 1.29 is 42.2 Å². The smallest absolute Gasteiger partial charge is 0.349 e. The van der Waals surface area contributed by atoms with Gasteiger partial charge in [-0.05, 0) is 79.6 Å². The summed E-state index contributed by atoms with van der Waals surface area (Å²) in [5.41, 5.74) is 3.82. The first-order valence-electron chi connectivity index (χ1n) is 19.5. The van der Waals surface area contributed by atoms with Crippen molar-refractivity contribution in [2.24, 2.45) is 7.05 Å². The number of ketones is 1. The summed E-state index contributed by atoms with van der Waals surface area (Å²) in [7, 11) is -2.10. The summed E-state index contributed by atoms with van der Waals surface area (Å²) in [5, 5.41) is 18.4. The molecule has 7 rings (SSSR count). The van der Waals surface area contributed by atoms with E-state index in [1.165, 1.54) is 20.4 Å². The number of hydrogen-bond acceptors (Lipinski definition) is 11. The Morgan fingerprint density at radius 1 is 0.984 bits per heavy atom. The van der Waals surface area contributed by atoms with E-state index in [9.17, 15) is 42.3 Å². The van der Waals surface area contributed by atoms with Gasteiger partial charge >= 0.3 is 11.7 Å². The molecule has 320 valence electrons. The molecular formula is C42H43ClN6O10S2. The molecule has 0 spiro atoms. The number of aromatic nitrogens is 2. The Hall–Kier alpha value is -5.82. The zero-order valence-electron chi connectivity index (χ0n) is 33.2. The van der Waals surface area contributed by atoms with Gasteiger partial charge in [0.15, 0.2) is 16.4 Å². The van der Waals surface area contributed by atoms with Gasteiger partial charge in [-0.1, -0.05) is 48.0 Å². The lowest BCUT2D eigenvalue weighted by molar-refractivity contribution is -0.135. The third-order valence-electron chi connectivity index (χ3n) is 10.7. The van der Waals surface area contributed by atoms with Crippen LogP contribution < -0.4 is 26.4 Å². The Bertz CT molecular complexity index is 2730. The van der Waals surface area contributed by atoms with E-state index in [-0.39, 0.29) is 77.3 Å². The van der Waals surface area contributed by atoms with Gasteiger partial charge in [0.1, 0.15) is 17.7 Å². The highest BCUT2D eigenvalue weighted by atomic mass is 35.5. The van der Waals surface area contributed by atoms with E-state index < -0.39 is 33.6 Å². The van der Waals surface area contributed by atoms with E-state index >= 15 is 0 Å². The van der Waals surface area contributed by atoms with Crippen molar-refractivity contribution >= 4 is 84.8 Å². The fourth-order valence-electron chi connectivity index (χ4n) is 7.75. The molecule has 16 nitrogen and oxygen atoms in total. The second-order valence-corrected chi connectivity index (χ2v) is 18.4. The molecule has 61 heavy (non-hydrogen) atoms. The van der Waals surface area contributed by atoms with E-state index in [1.54, 1.807) is 55.6 Å². The molecule has 0 saturated carbocycles. The molecule has 2 aromatic heterocycles. The number of nitrogens with zero attached hydrogens (tertiary/aromatic N) is 3. The zero-order chi connectivity index (χ0) is 43.6. The number of imide groups is 1. The van der Waals surface area contributed by atoms with Crippen molar-refractivity contribution in [3.8, 4) is 16.2 Å². The van der Waals surface area contributed by atoms with Crippen molar-refractivity contribution in [2.75, 3.05) is 30.3 Å². The number of carbonyl (C=O) groups excluding carboxylic acids is 4. The van der Waals surface area contributed by atoms with Crippen molar-refractivity contribution in [3.63, 3.8) is 0 Å². The summed E-state index contributed by atoms with van der Waals surface area (Å²) in [6.45, 7) is 1.61. The number of aryl methyl sites for hydroxylation is 2. The maximum atomic E-state index is 13.6. The fraction of sp³-hybridized carbons (Fsp3) is 0.333. The average Bonchev–Trinajstić information content (AvgIpc) is 3.68. The standard InChI is InChI=1S/C42H43ClN6O10S2/c1-24(50)22-59-37-35(43)38(60-39(37)41(54)55)27-8-4-10-30(21-27)44-28-16-18-48(19-17-28)61(57,58)23-25-6-3-9-29(20-25)45-33(51)14-12-26-7-5-11-31-36(26)47(2)42(56)49(31)32-13-15-34(52)46-40(32)53/h3-11,20-21,28,32,44H,12-19,22-23H2,1-2H3,(H,45,51)(H,54,55)(H,46,52,53). The minimum absolute atomic E-state index is 0.0369. The Kier molecular flexibility index (Phi) is 12.8. The molecule has 2 saturated heterocycles. The Morgan fingerprint density at radius 3 is 2.43 bits per heavy atom. The number of hydrogen-bond donors (Lipinski definition) is 4. The number of carbonyl (C=O) groups is 5. The number of carboxylic acid groups (broad SMARTS) is 1. The SMILES string of the molecule is CC(=O)COc1c(C(=O)O)sc(-c2cccc(NC3CCN(S(=O)(=O)Cc4cccc(NC(=O)CCc5cccc6c5n(C)c(=O)n6C5CCC(=O)NC5=O)c4)CC3)c2)c1Cl. The third-order valence-corrected chi connectivity index (χ3v) is 14.2. The van der Waals surface area contributed by atoms with Gasteiger partial charge in [-0.15, -0.1) is 11.3 Å². The number of rotatable bonds is 15. The van der Waals surface area contributed by atoms with Crippen molar-refractivity contribution in [1.82, 2.24) is 18.8 Å². The monoisotopic (exact) mass is 890 g/mol. The Morgan fingerprint density at radius 2 is 1.70 bits per heavy atom. The molecule has 0 bridgehead atoms. The lowest BCUT2D eigenvalue weighted by atomic mass is 10.0. The van der Waals surface area contributed by atoms with E-state index in [0.717, 1.165) is 22.6 Å². The normalized spacial score (nSPS) is 16.3. The Labute approximate surface area is 359 Å². The zero-order valence-corrected chi connectivity index (χ0v) is 35.6. The molecule has 0 radical (unpaired) electrons. The number of sulfonamides is 1. The highest BCUT2D eigenvalue weighted by molar-refractivity contribution is 7.88. The van der Waals surface area contributed by atoms with Crippen LogP contribution >= 0.6 is 22.9 Å². The highest BCUT2D eigenvalue weighted by Crippen LogP contribution is 2.46. The molecule has 3 amide bonds. The minimum Gasteiger partial charge on any atom is -0.482 e. The fourth-order valence-corrected chi connectivity index (χ4v) is 10.7. The summed E-state index contributed by atoms with van der Waals surface area (Å²) in [4.78, 5) is 74.5. The first kappa shape index (κ1) is 43.3. The number of fused-ring (bicyclic) bond motifs is 1. The quantitative estimate of drug-likeness (QED) is 0.0985. The predicted octanol–water partition coefficient (Wildman–Crippen LogP) is 5.34. The number of anilines is 2. The van der Waals surface area contributed by atoms with Gasteiger partial charge in [-0.25, -0.2) is 22.3 Å². The van der Waals surface area contributed by atoms with Crippen molar-refractivity contribution in [2.45, 2.75) is 63.3 Å². The van der Waals surface area contributed by atoms with Crippen molar-refractivity contribution in [1.29, 1.82) is 0 Å². The van der Waals surface area contributed by atoms with Crippen LogP contribution in [0.3, 0.4) is 0 Å². The van der Waals surface area contributed by atoms with Gasteiger partial charge in [-0.2, -0.15) is 0 Å². The Balaban J connectivity index is 0.935. The number of Topliss-reactive ketones (excluding diaryl/α,β-unsaturated/α-hetero) is 1. The molecule has 4 N–H and O–H groups in total. The maximum Gasteiger partial charge on any atom is 0.349 e. The first-order chi connectivity index (χ1) is 29.1. The molecule has 2 aliphatic rings. The van der Waals surface area contributed by atoms with Crippen LogP contribution in [0.1, 0.15) is 65.9 Å². The van der Waals surface area contributed by atoms with Gasteiger partial charge in [0.05, 0.1) is 21.7 Å². The van der Waals surface area contributed by atoms with Crippen LogP contribution in [0.15, 0.2) is 71.5 Å². The lowest BCUT2D eigenvalue weighted by Crippen LogP contribution is -2.44. The van der Waals surface area contributed by atoms with Crippen LogP contribution in [-0.2, 0) is 48.4 Å². The highest BCUT2D eigenvalue weighted by Gasteiger charge is 2.32. The first-order valence-corrected chi connectivity index (χ1v) is 22.3. The number of benzene rings is 3. The second-order valence-electron chi connectivity index (χ2n) is 15.1. The summed E-state index contributed by atoms with van der Waals surface area (Å²) >= 11 is 7.50. The van der Waals surface area contributed by atoms with Crippen LogP contribution in [0.2, 0.25) is 5.02 Å². The lowest BCUT2D eigenvalue weighted by Gasteiger charge is -2.32. The average molecular weight is 891 g/mol. The van der Waals surface area contributed by atoms with Gasteiger partial charge < -0.3 is 20.5 Å². The summed E-state index contributed by atoms with van der Waals surface area (Å²) in [6, 6.07) is 18.4. The summed E-state index contributed by atoms with van der Waals surface area (Å²) < 4.78 is 36.9. The van der Waals surface area contributed by atoms with Gasteiger partial charge in [-0.3, -0.25) is 33.6 Å². The number of para-hydroxylation sites is 1. The third kappa shape index (κ3) is 9.57. The predicted molar refractivity (Wildman–Crippen MR) is 231 cm³/mol. The van der Waals surface area contributed by atoms with Crippen LogP contribution in [0.5, 0.6) is 5.75 Å². The second kappa shape index (κ2) is 18.0. The van der Waals surface area contributed by atoms with Gasteiger partial charge in [0.25, 0.3) is 0 Å². The number of amides is 3. The summed E-state index contributed by atoms with van der Waals surface area (Å²) in [6.07, 6.45) is 1.76. The number of carboxylic acids is 1. The van der Waals surface area contributed by atoms with E-state index in [2.05, 4.69) is 16.0 Å². The number of nitrogens with one attached hydrogen (secondary N) is 3. The number of thiophene rings is 1. The topological polar surface area (TPSA) is 215 Å². The maximum absolute atomic E-state index is 13.6. The molecule has 2 fully saturated rings. The molecule has 3 aromatic carbocycles. The number of ether oxygens (including phenoxy) is 1. The number of imidazole rings is 1. The van der Waals surface area contributed by atoms with Crippen LogP contribution in [0.25, 0.3) is 21.5 Å². The number of piperidine rings is 2. The van der Waals surface area contributed by atoms with Crippen LogP contribution in [0, 0.1) is 0 Å². The van der Waals surface area contributed by atoms with Gasteiger partial charge in [0, 0.05) is 50.4 Å². The number of halogens is 1. The largest absolute Gasteiger partial charge is 0.482 e. The molecule has 4 heterocycles. The molecule has 0 aliphatic carbocycles. The molecule has 19 heteroatoms.